The van der Waals surface area contributed by atoms with E-state index >= 15 is 0 Å². The van der Waals surface area contributed by atoms with Gasteiger partial charge in [0.05, 0.1) is 0 Å². The molecular weight excluding hydrogens is 313 g/mol. The van der Waals surface area contributed by atoms with Gasteiger partial charge in [-0.25, -0.2) is 0 Å². The van der Waals surface area contributed by atoms with Crippen LogP contribution in [0.3, 0.4) is 0 Å². The SMILES string of the molecule is CCCCN=C(N)Nc1cccc(C)c1.I. The molecule has 0 spiro atoms. The first-order valence-electron chi connectivity index (χ1n) is 5.36. The fourth-order valence-corrected chi connectivity index (χ4v) is 1.27. The van der Waals surface area contributed by atoms with E-state index in [1.807, 2.05) is 18.2 Å². The van der Waals surface area contributed by atoms with Crippen molar-refractivity contribution in [2.75, 3.05) is 11.9 Å². The van der Waals surface area contributed by atoms with Crippen LogP contribution in [-0.4, -0.2) is 12.5 Å². The highest BCUT2D eigenvalue weighted by molar-refractivity contribution is 14.0. The molecule has 0 amide bonds. The number of rotatable bonds is 4. The number of halogens is 1. The molecule has 0 heterocycles. The maximum Gasteiger partial charge on any atom is 0.193 e. The average Bonchev–Trinajstić information content (AvgIpc) is 2.18. The van der Waals surface area contributed by atoms with Crippen LogP contribution in [0.1, 0.15) is 25.3 Å². The Bertz CT molecular complexity index is 337. The number of anilines is 1. The van der Waals surface area contributed by atoms with Crippen molar-refractivity contribution in [3.8, 4) is 0 Å². The largest absolute Gasteiger partial charge is 0.370 e. The van der Waals surface area contributed by atoms with Crippen LogP contribution < -0.4 is 11.1 Å². The number of aryl methyl sites for hydroxylation is 1. The Hall–Kier alpha value is -0.780. The first-order chi connectivity index (χ1) is 7.22. The third kappa shape index (κ3) is 5.95. The standard InChI is InChI=1S/C12H19N3.HI/c1-3-4-8-14-12(13)15-11-7-5-6-10(2)9-11;/h5-7,9H,3-4,8H2,1-2H3,(H3,13,14,15);1H. The molecule has 1 rings (SSSR count). The smallest absolute Gasteiger partial charge is 0.193 e. The number of hydrogen-bond donors (Lipinski definition) is 2. The summed E-state index contributed by atoms with van der Waals surface area (Å²) in [6, 6.07) is 8.07. The number of nitrogens with zero attached hydrogens (tertiary/aromatic N) is 1. The Morgan fingerprint density at radius 2 is 2.19 bits per heavy atom. The number of benzene rings is 1. The zero-order chi connectivity index (χ0) is 11.1. The number of aliphatic imine (C=N–C) groups is 1. The van der Waals surface area contributed by atoms with Crippen LogP contribution in [0, 0.1) is 6.92 Å². The second-order valence-corrected chi connectivity index (χ2v) is 3.61. The summed E-state index contributed by atoms with van der Waals surface area (Å²) in [6.45, 7) is 4.98. The van der Waals surface area contributed by atoms with Gasteiger partial charge >= 0.3 is 0 Å². The van der Waals surface area contributed by atoms with Gasteiger partial charge in [-0.15, -0.1) is 24.0 Å². The topological polar surface area (TPSA) is 50.4 Å². The lowest BCUT2D eigenvalue weighted by Gasteiger charge is -2.05. The number of hydrogen-bond acceptors (Lipinski definition) is 1. The van der Waals surface area contributed by atoms with Crippen LogP contribution in [0.15, 0.2) is 29.3 Å². The summed E-state index contributed by atoms with van der Waals surface area (Å²) in [7, 11) is 0. The Morgan fingerprint density at radius 1 is 1.44 bits per heavy atom. The molecule has 0 aliphatic heterocycles. The molecule has 0 aliphatic carbocycles. The molecule has 0 bridgehead atoms. The van der Waals surface area contributed by atoms with Gasteiger partial charge in [0.1, 0.15) is 0 Å². The average molecular weight is 333 g/mol. The van der Waals surface area contributed by atoms with Crippen molar-refractivity contribution in [3.05, 3.63) is 29.8 Å². The minimum atomic E-state index is 0. The highest BCUT2D eigenvalue weighted by atomic mass is 127. The monoisotopic (exact) mass is 333 g/mol. The second kappa shape index (κ2) is 8.38. The lowest BCUT2D eigenvalue weighted by Crippen LogP contribution is -2.22. The van der Waals surface area contributed by atoms with Crippen molar-refractivity contribution in [2.24, 2.45) is 10.7 Å². The van der Waals surface area contributed by atoms with Crippen LogP contribution in [0.4, 0.5) is 5.69 Å². The predicted molar refractivity (Wildman–Crippen MR) is 81.6 cm³/mol. The maximum absolute atomic E-state index is 5.74. The first kappa shape index (κ1) is 15.2. The second-order valence-electron chi connectivity index (χ2n) is 3.61. The van der Waals surface area contributed by atoms with Crippen LogP contribution in [0.5, 0.6) is 0 Å². The fourth-order valence-electron chi connectivity index (χ4n) is 1.27. The van der Waals surface area contributed by atoms with Crippen molar-refractivity contribution in [1.29, 1.82) is 0 Å². The Kier molecular flexibility index (Phi) is 7.97. The number of guanidine groups is 1. The van der Waals surface area contributed by atoms with E-state index in [2.05, 4.69) is 30.2 Å². The normalized spacial score (nSPS) is 10.8. The molecule has 1 aromatic carbocycles. The molecule has 3 nitrogen and oxygen atoms in total. The van der Waals surface area contributed by atoms with Gasteiger partial charge in [-0.1, -0.05) is 25.5 Å². The molecular formula is C12H20IN3. The summed E-state index contributed by atoms with van der Waals surface area (Å²) in [6.07, 6.45) is 2.22. The minimum absolute atomic E-state index is 0. The summed E-state index contributed by atoms with van der Waals surface area (Å²) >= 11 is 0. The van der Waals surface area contributed by atoms with Crippen molar-refractivity contribution >= 4 is 35.6 Å². The molecule has 0 saturated carbocycles. The van der Waals surface area contributed by atoms with E-state index in [1.54, 1.807) is 0 Å². The molecule has 0 fully saturated rings. The lowest BCUT2D eigenvalue weighted by molar-refractivity contribution is 0.807. The number of unbranched alkanes of at least 4 members (excludes halogenated alkanes) is 1. The van der Waals surface area contributed by atoms with Crippen LogP contribution >= 0.6 is 24.0 Å². The molecule has 4 heteroatoms. The van der Waals surface area contributed by atoms with Gasteiger partial charge in [-0.3, -0.25) is 4.99 Å². The molecule has 0 radical (unpaired) electrons. The summed E-state index contributed by atoms with van der Waals surface area (Å²) in [5.41, 5.74) is 7.94. The molecule has 90 valence electrons. The fraction of sp³-hybridized carbons (Fsp3) is 0.417. The summed E-state index contributed by atoms with van der Waals surface area (Å²) < 4.78 is 0. The predicted octanol–water partition coefficient (Wildman–Crippen LogP) is 3.14. The molecule has 1 aromatic rings. The Balaban J connectivity index is 0.00000225. The molecule has 3 N–H and O–H groups in total. The van der Waals surface area contributed by atoms with Crippen LogP contribution in [0.25, 0.3) is 0 Å². The Labute approximate surface area is 115 Å². The maximum atomic E-state index is 5.74. The third-order valence-electron chi connectivity index (χ3n) is 2.08. The van der Waals surface area contributed by atoms with Gasteiger partial charge < -0.3 is 11.1 Å². The van der Waals surface area contributed by atoms with E-state index in [4.69, 9.17) is 5.73 Å². The highest BCUT2D eigenvalue weighted by Crippen LogP contribution is 2.08. The molecule has 16 heavy (non-hydrogen) atoms. The van der Waals surface area contributed by atoms with Gasteiger partial charge in [0, 0.05) is 12.2 Å². The zero-order valence-corrected chi connectivity index (χ0v) is 12.2. The summed E-state index contributed by atoms with van der Waals surface area (Å²) in [5.74, 6) is 0.494. The van der Waals surface area contributed by atoms with Crippen molar-refractivity contribution in [1.82, 2.24) is 0 Å². The molecule has 0 aromatic heterocycles. The Morgan fingerprint density at radius 3 is 2.81 bits per heavy atom. The summed E-state index contributed by atoms with van der Waals surface area (Å²) in [5, 5.41) is 3.07. The number of nitrogens with two attached hydrogens (primary N) is 1. The molecule has 0 aliphatic rings. The van der Waals surface area contributed by atoms with E-state index in [0.717, 1.165) is 25.1 Å². The summed E-state index contributed by atoms with van der Waals surface area (Å²) in [4.78, 5) is 4.22. The van der Waals surface area contributed by atoms with Gasteiger partial charge in [-0.2, -0.15) is 0 Å². The van der Waals surface area contributed by atoms with E-state index in [0.29, 0.717) is 5.96 Å². The molecule has 0 atom stereocenters. The van der Waals surface area contributed by atoms with Gasteiger partial charge in [0.2, 0.25) is 0 Å². The van der Waals surface area contributed by atoms with E-state index in [-0.39, 0.29) is 24.0 Å². The van der Waals surface area contributed by atoms with E-state index in [9.17, 15) is 0 Å². The van der Waals surface area contributed by atoms with Gasteiger partial charge in [0.25, 0.3) is 0 Å². The lowest BCUT2D eigenvalue weighted by atomic mass is 10.2. The zero-order valence-electron chi connectivity index (χ0n) is 9.86. The van der Waals surface area contributed by atoms with Crippen molar-refractivity contribution < 1.29 is 0 Å². The van der Waals surface area contributed by atoms with Crippen molar-refractivity contribution in [2.45, 2.75) is 26.7 Å². The highest BCUT2D eigenvalue weighted by Gasteiger charge is 1.94. The van der Waals surface area contributed by atoms with Gasteiger partial charge in [-0.05, 0) is 31.0 Å². The molecule has 0 unspecified atom stereocenters. The van der Waals surface area contributed by atoms with Gasteiger partial charge in [0.15, 0.2) is 5.96 Å². The minimum Gasteiger partial charge on any atom is -0.370 e. The van der Waals surface area contributed by atoms with E-state index in [1.165, 1.54) is 5.56 Å². The van der Waals surface area contributed by atoms with E-state index < -0.39 is 0 Å². The quantitative estimate of drug-likeness (QED) is 0.385. The number of nitrogens with one attached hydrogen (secondary N) is 1. The first-order valence-corrected chi connectivity index (χ1v) is 5.36. The van der Waals surface area contributed by atoms with Crippen molar-refractivity contribution in [3.63, 3.8) is 0 Å². The third-order valence-corrected chi connectivity index (χ3v) is 2.08. The van der Waals surface area contributed by atoms with Crippen LogP contribution in [-0.2, 0) is 0 Å². The van der Waals surface area contributed by atoms with Crippen LogP contribution in [0.2, 0.25) is 0 Å². The molecule has 0 saturated heterocycles.